The molecule has 0 saturated heterocycles. The molecule has 0 aromatic carbocycles. The molecule has 1 aromatic heterocycles. The van der Waals surface area contributed by atoms with Crippen LogP contribution in [0, 0.1) is 28.7 Å². The van der Waals surface area contributed by atoms with Crippen molar-refractivity contribution in [3.63, 3.8) is 0 Å². The lowest BCUT2D eigenvalue weighted by atomic mass is 10.2. The third-order valence-corrected chi connectivity index (χ3v) is 2.24. The van der Waals surface area contributed by atoms with Crippen LogP contribution >= 0.6 is 22.6 Å². The second-order valence-electron chi connectivity index (χ2n) is 2.32. The van der Waals surface area contributed by atoms with Crippen molar-refractivity contribution in [2.75, 3.05) is 0 Å². The smallest absolute Gasteiger partial charge is 0.102 e. The van der Waals surface area contributed by atoms with Crippen molar-refractivity contribution in [2.45, 2.75) is 13.8 Å². The van der Waals surface area contributed by atoms with Crippen LogP contribution in [-0.2, 0) is 0 Å². The van der Waals surface area contributed by atoms with E-state index in [-0.39, 0.29) is 0 Å². The molecule has 0 amide bonds. The largest absolute Gasteiger partial charge is 0.257 e. The van der Waals surface area contributed by atoms with Crippen LogP contribution in [0.4, 0.5) is 0 Å². The Kier molecular flexibility index (Phi) is 2.45. The molecule has 2 nitrogen and oxygen atoms in total. The lowest BCUT2D eigenvalue weighted by Crippen LogP contribution is -1.93. The molecular formula is C8H7IN2. The van der Waals surface area contributed by atoms with Gasteiger partial charge >= 0.3 is 0 Å². The molecule has 11 heavy (non-hydrogen) atoms. The minimum absolute atomic E-state index is 0.691. The number of halogens is 1. The summed E-state index contributed by atoms with van der Waals surface area (Å²) in [5.74, 6) is 0. The third-order valence-electron chi connectivity index (χ3n) is 1.39. The summed E-state index contributed by atoms with van der Waals surface area (Å²) in [6.45, 7) is 3.78. The second-order valence-corrected chi connectivity index (χ2v) is 3.48. The van der Waals surface area contributed by atoms with Gasteiger partial charge in [-0.1, -0.05) is 0 Å². The summed E-state index contributed by atoms with van der Waals surface area (Å²) >= 11 is 2.15. The van der Waals surface area contributed by atoms with Gasteiger partial charge < -0.3 is 0 Å². The summed E-state index contributed by atoms with van der Waals surface area (Å²) in [4.78, 5) is 4.18. The lowest BCUT2D eigenvalue weighted by molar-refractivity contribution is 1.10. The first-order valence-electron chi connectivity index (χ1n) is 3.19. The summed E-state index contributed by atoms with van der Waals surface area (Å²) in [6.07, 6.45) is 0. The zero-order chi connectivity index (χ0) is 8.43. The van der Waals surface area contributed by atoms with Crippen LogP contribution in [0.15, 0.2) is 6.07 Å². The van der Waals surface area contributed by atoms with Gasteiger partial charge in [-0.3, -0.25) is 4.98 Å². The number of nitrogens with zero attached hydrogens (tertiary/aromatic N) is 2. The fourth-order valence-corrected chi connectivity index (χ4v) is 1.88. The molecule has 56 valence electrons. The van der Waals surface area contributed by atoms with Gasteiger partial charge in [0.05, 0.1) is 11.3 Å². The number of aryl methyl sites for hydroxylation is 2. The first-order valence-corrected chi connectivity index (χ1v) is 4.27. The van der Waals surface area contributed by atoms with Crippen LogP contribution in [0.25, 0.3) is 0 Å². The van der Waals surface area contributed by atoms with Gasteiger partial charge in [0.15, 0.2) is 0 Å². The van der Waals surface area contributed by atoms with Crippen molar-refractivity contribution in [3.05, 3.63) is 26.6 Å². The number of rotatable bonds is 0. The Hall–Kier alpha value is -0.630. The summed E-state index contributed by atoms with van der Waals surface area (Å²) in [7, 11) is 0. The van der Waals surface area contributed by atoms with Gasteiger partial charge in [-0.2, -0.15) is 5.26 Å². The number of pyridine rings is 1. The van der Waals surface area contributed by atoms with Gasteiger partial charge in [0.25, 0.3) is 0 Å². The van der Waals surface area contributed by atoms with E-state index in [1.54, 1.807) is 0 Å². The van der Waals surface area contributed by atoms with E-state index in [1.807, 2.05) is 19.9 Å². The van der Waals surface area contributed by atoms with Crippen molar-refractivity contribution >= 4 is 22.6 Å². The minimum atomic E-state index is 0.691. The SMILES string of the molecule is Cc1cc(I)c(C#N)c(C)n1. The average Bonchev–Trinajstić information content (AvgIpc) is 1.85. The highest BCUT2D eigenvalue weighted by molar-refractivity contribution is 14.1. The zero-order valence-electron chi connectivity index (χ0n) is 6.35. The van der Waals surface area contributed by atoms with Gasteiger partial charge in [0, 0.05) is 9.26 Å². The molecule has 1 rings (SSSR count). The van der Waals surface area contributed by atoms with Crippen molar-refractivity contribution in [1.29, 1.82) is 5.26 Å². The van der Waals surface area contributed by atoms with Gasteiger partial charge in [-0.05, 0) is 42.5 Å². The van der Waals surface area contributed by atoms with Crippen molar-refractivity contribution < 1.29 is 0 Å². The number of nitriles is 1. The van der Waals surface area contributed by atoms with E-state index in [2.05, 4.69) is 33.6 Å². The first-order chi connectivity index (χ1) is 5.15. The molecule has 1 heterocycles. The Balaban J connectivity index is 3.40. The van der Waals surface area contributed by atoms with Crippen LogP contribution in [0.1, 0.15) is 17.0 Å². The molecule has 0 aliphatic carbocycles. The highest BCUT2D eigenvalue weighted by atomic mass is 127. The van der Waals surface area contributed by atoms with E-state index in [1.165, 1.54) is 0 Å². The van der Waals surface area contributed by atoms with Crippen molar-refractivity contribution in [2.24, 2.45) is 0 Å². The quantitative estimate of drug-likeness (QED) is 0.669. The maximum atomic E-state index is 8.70. The summed E-state index contributed by atoms with van der Waals surface area (Å²) in [5, 5.41) is 8.70. The predicted octanol–water partition coefficient (Wildman–Crippen LogP) is 2.17. The van der Waals surface area contributed by atoms with Crippen molar-refractivity contribution in [1.82, 2.24) is 4.98 Å². The molecule has 3 heteroatoms. The number of hydrogen-bond acceptors (Lipinski definition) is 2. The molecule has 0 fully saturated rings. The Labute approximate surface area is 79.4 Å². The van der Waals surface area contributed by atoms with Gasteiger partial charge in [0.2, 0.25) is 0 Å². The van der Waals surface area contributed by atoms with E-state index in [4.69, 9.17) is 5.26 Å². The highest BCUT2D eigenvalue weighted by Crippen LogP contribution is 2.14. The normalized spacial score (nSPS) is 9.27. The third kappa shape index (κ3) is 1.69. The molecule has 0 radical (unpaired) electrons. The molecular weight excluding hydrogens is 251 g/mol. The van der Waals surface area contributed by atoms with Gasteiger partial charge in [0.1, 0.15) is 6.07 Å². The maximum Gasteiger partial charge on any atom is 0.102 e. The molecule has 0 atom stereocenters. The van der Waals surface area contributed by atoms with Crippen LogP contribution in [-0.4, -0.2) is 4.98 Å². The second kappa shape index (κ2) is 3.18. The molecule has 1 aromatic rings. The van der Waals surface area contributed by atoms with Crippen LogP contribution in [0.2, 0.25) is 0 Å². The first kappa shape index (κ1) is 8.47. The van der Waals surface area contributed by atoms with E-state index in [9.17, 15) is 0 Å². The van der Waals surface area contributed by atoms with E-state index < -0.39 is 0 Å². The molecule has 0 bridgehead atoms. The fourth-order valence-electron chi connectivity index (χ4n) is 0.915. The lowest BCUT2D eigenvalue weighted by Gasteiger charge is -2.00. The van der Waals surface area contributed by atoms with Crippen LogP contribution < -0.4 is 0 Å². The minimum Gasteiger partial charge on any atom is -0.257 e. The molecule has 0 aliphatic rings. The zero-order valence-corrected chi connectivity index (χ0v) is 8.51. The van der Waals surface area contributed by atoms with Crippen LogP contribution in [0.3, 0.4) is 0 Å². The molecule has 0 spiro atoms. The van der Waals surface area contributed by atoms with Gasteiger partial charge in [-0.25, -0.2) is 0 Å². The van der Waals surface area contributed by atoms with E-state index >= 15 is 0 Å². The number of aromatic nitrogens is 1. The average molecular weight is 258 g/mol. The Morgan fingerprint density at radius 2 is 2.18 bits per heavy atom. The molecule has 0 unspecified atom stereocenters. The highest BCUT2D eigenvalue weighted by Gasteiger charge is 2.03. The fraction of sp³-hybridized carbons (Fsp3) is 0.250. The van der Waals surface area contributed by atoms with Crippen molar-refractivity contribution in [3.8, 4) is 6.07 Å². The number of hydrogen-bond donors (Lipinski definition) is 0. The summed E-state index contributed by atoms with van der Waals surface area (Å²) < 4.78 is 0.982. The molecule has 0 N–H and O–H groups in total. The van der Waals surface area contributed by atoms with E-state index in [0.29, 0.717) is 5.56 Å². The standard InChI is InChI=1S/C8H7IN2/c1-5-3-8(9)7(4-10)6(2)11-5/h3H,1-2H3. The Morgan fingerprint density at radius 3 is 2.64 bits per heavy atom. The molecule has 0 saturated carbocycles. The summed E-state index contributed by atoms with van der Waals surface area (Å²) in [5.41, 5.74) is 2.47. The molecule has 0 aliphatic heterocycles. The van der Waals surface area contributed by atoms with Crippen LogP contribution in [0.5, 0.6) is 0 Å². The monoisotopic (exact) mass is 258 g/mol. The topological polar surface area (TPSA) is 36.7 Å². The Morgan fingerprint density at radius 1 is 1.55 bits per heavy atom. The predicted molar refractivity (Wildman–Crippen MR) is 51.1 cm³/mol. The Bertz CT molecular complexity index is 302. The summed E-state index contributed by atoms with van der Waals surface area (Å²) in [6, 6.07) is 4.03. The van der Waals surface area contributed by atoms with Gasteiger partial charge in [-0.15, -0.1) is 0 Å². The maximum absolute atomic E-state index is 8.70. The van der Waals surface area contributed by atoms with E-state index in [0.717, 1.165) is 15.0 Å².